The van der Waals surface area contributed by atoms with Gasteiger partial charge >= 0.3 is 5.97 Å². The van der Waals surface area contributed by atoms with E-state index in [0.29, 0.717) is 18.7 Å². The zero-order chi connectivity index (χ0) is 13.0. The first-order valence-electron chi connectivity index (χ1n) is 6.29. The molecule has 18 heavy (non-hydrogen) atoms. The van der Waals surface area contributed by atoms with Crippen LogP contribution in [0, 0.1) is 5.92 Å². The van der Waals surface area contributed by atoms with Gasteiger partial charge in [0.25, 0.3) is 0 Å². The van der Waals surface area contributed by atoms with Crippen molar-refractivity contribution in [1.29, 1.82) is 0 Å². The van der Waals surface area contributed by atoms with E-state index in [1.54, 1.807) is 6.20 Å². The third-order valence-electron chi connectivity index (χ3n) is 3.17. The van der Waals surface area contributed by atoms with E-state index in [1.165, 1.54) is 0 Å². The van der Waals surface area contributed by atoms with Crippen molar-refractivity contribution in [2.75, 3.05) is 12.3 Å². The second kappa shape index (κ2) is 5.67. The number of pyridine rings is 1. The molecule has 2 rings (SSSR count). The van der Waals surface area contributed by atoms with Crippen molar-refractivity contribution in [3.8, 4) is 0 Å². The summed E-state index contributed by atoms with van der Waals surface area (Å²) in [5.41, 5.74) is 8.57. The Morgan fingerprint density at radius 2 is 2.44 bits per heavy atom. The zero-order valence-electron chi connectivity index (χ0n) is 10.6. The minimum absolute atomic E-state index is 0.0152. The Bertz CT molecular complexity index is 469. The molecule has 1 aliphatic carbocycles. The molecule has 1 unspecified atom stereocenters. The van der Waals surface area contributed by atoms with Gasteiger partial charge in [0.05, 0.1) is 23.9 Å². The van der Waals surface area contributed by atoms with Crippen molar-refractivity contribution in [2.24, 2.45) is 5.92 Å². The highest BCUT2D eigenvalue weighted by Gasteiger charge is 2.23. The number of hydrogen-bond acceptors (Lipinski definition) is 4. The van der Waals surface area contributed by atoms with Gasteiger partial charge in [-0.3, -0.25) is 9.78 Å². The van der Waals surface area contributed by atoms with E-state index in [4.69, 9.17) is 10.5 Å². The number of nitrogens with zero attached hydrogens (tertiary/aromatic N) is 1. The highest BCUT2D eigenvalue weighted by atomic mass is 16.5. The standard InChI is InChI=1S/C14H18N2O2/c1-2-18-14(17)11-7-5-10(6-8-11)13-12(15)4-3-9-16-13/h3-5,9,11H,2,6-8,15H2,1H3. The summed E-state index contributed by atoms with van der Waals surface area (Å²) in [6, 6.07) is 3.67. The minimum Gasteiger partial charge on any atom is -0.466 e. The molecule has 0 amide bonds. The van der Waals surface area contributed by atoms with E-state index in [1.807, 2.05) is 19.1 Å². The second-order valence-electron chi connectivity index (χ2n) is 4.39. The van der Waals surface area contributed by atoms with Crippen LogP contribution in [-0.2, 0) is 9.53 Å². The molecule has 0 aromatic carbocycles. The van der Waals surface area contributed by atoms with E-state index >= 15 is 0 Å². The van der Waals surface area contributed by atoms with Crippen LogP contribution in [0.4, 0.5) is 5.69 Å². The fourth-order valence-electron chi connectivity index (χ4n) is 2.21. The van der Waals surface area contributed by atoms with Crippen LogP contribution in [0.15, 0.2) is 24.4 Å². The van der Waals surface area contributed by atoms with Gasteiger partial charge in [0.1, 0.15) is 0 Å². The molecule has 0 radical (unpaired) electrons. The summed E-state index contributed by atoms with van der Waals surface area (Å²) in [4.78, 5) is 15.9. The molecule has 1 aromatic heterocycles. The zero-order valence-corrected chi connectivity index (χ0v) is 10.6. The number of aromatic nitrogens is 1. The molecule has 4 heteroatoms. The monoisotopic (exact) mass is 246 g/mol. The Kier molecular flexibility index (Phi) is 3.97. The molecule has 1 aromatic rings. The Balaban J connectivity index is 2.07. The van der Waals surface area contributed by atoms with Crippen LogP contribution in [-0.4, -0.2) is 17.6 Å². The number of nitrogens with two attached hydrogens (primary N) is 1. The second-order valence-corrected chi connectivity index (χ2v) is 4.39. The average molecular weight is 246 g/mol. The van der Waals surface area contributed by atoms with Crippen molar-refractivity contribution in [3.63, 3.8) is 0 Å². The normalized spacial score (nSPS) is 19.2. The van der Waals surface area contributed by atoms with Gasteiger partial charge in [0, 0.05) is 6.20 Å². The van der Waals surface area contributed by atoms with Crippen LogP contribution >= 0.6 is 0 Å². The molecule has 1 aliphatic rings. The summed E-state index contributed by atoms with van der Waals surface area (Å²) in [6.07, 6.45) is 6.14. The molecule has 4 nitrogen and oxygen atoms in total. The molecule has 1 heterocycles. The summed E-state index contributed by atoms with van der Waals surface area (Å²) in [5.74, 6) is -0.111. The third kappa shape index (κ3) is 2.70. The lowest BCUT2D eigenvalue weighted by molar-refractivity contribution is -0.148. The van der Waals surface area contributed by atoms with Crippen molar-refractivity contribution >= 4 is 17.2 Å². The number of anilines is 1. The molecule has 1 atom stereocenters. The fourth-order valence-corrected chi connectivity index (χ4v) is 2.21. The maximum atomic E-state index is 11.6. The molecule has 2 N–H and O–H groups in total. The third-order valence-corrected chi connectivity index (χ3v) is 3.17. The average Bonchev–Trinajstić information content (AvgIpc) is 2.40. The summed E-state index contributed by atoms with van der Waals surface area (Å²) < 4.78 is 5.04. The topological polar surface area (TPSA) is 65.2 Å². The Morgan fingerprint density at radius 3 is 3.06 bits per heavy atom. The Hall–Kier alpha value is -1.84. The maximum absolute atomic E-state index is 11.6. The smallest absolute Gasteiger partial charge is 0.309 e. The first-order chi connectivity index (χ1) is 8.72. The van der Waals surface area contributed by atoms with Crippen LogP contribution in [0.1, 0.15) is 31.9 Å². The van der Waals surface area contributed by atoms with Crippen molar-refractivity contribution in [3.05, 3.63) is 30.1 Å². The van der Waals surface area contributed by atoms with Crippen LogP contribution in [0.5, 0.6) is 0 Å². The SMILES string of the molecule is CCOC(=O)C1CC=C(c2ncccc2N)CC1. The van der Waals surface area contributed by atoms with E-state index in [-0.39, 0.29) is 11.9 Å². The van der Waals surface area contributed by atoms with Crippen molar-refractivity contribution < 1.29 is 9.53 Å². The lowest BCUT2D eigenvalue weighted by Crippen LogP contribution is -2.19. The first kappa shape index (κ1) is 12.6. The largest absolute Gasteiger partial charge is 0.466 e. The van der Waals surface area contributed by atoms with Crippen molar-refractivity contribution in [2.45, 2.75) is 26.2 Å². The lowest BCUT2D eigenvalue weighted by atomic mass is 9.88. The first-order valence-corrected chi connectivity index (χ1v) is 6.29. The molecular formula is C14H18N2O2. The van der Waals surface area contributed by atoms with Gasteiger partial charge in [-0.05, 0) is 43.9 Å². The van der Waals surface area contributed by atoms with Gasteiger partial charge in [-0.15, -0.1) is 0 Å². The predicted molar refractivity (Wildman–Crippen MR) is 70.6 cm³/mol. The Morgan fingerprint density at radius 1 is 1.61 bits per heavy atom. The Labute approximate surface area is 107 Å². The van der Waals surface area contributed by atoms with Crippen LogP contribution in [0.3, 0.4) is 0 Å². The molecule has 0 aliphatic heterocycles. The van der Waals surface area contributed by atoms with E-state index in [0.717, 1.165) is 24.1 Å². The van der Waals surface area contributed by atoms with E-state index < -0.39 is 0 Å². The van der Waals surface area contributed by atoms with Gasteiger partial charge in [-0.2, -0.15) is 0 Å². The van der Waals surface area contributed by atoms with Crippen LogP contribution < -0.4 is 5.73 Å². The molecule has 0 fully saturated rings. The molecule has 0 bridgehead atoms. The number of rotatable bonds is 3. The summed E-state index contributed by atoms with van der Waals surface area (Å²) >= 11 is 0. The number of esters is 1. The van der Waals surface area contributed by atoms with Gasteiger partial charge in [-0.1, -0.05) is 6.08 Å². The van der Waals surface area contributed by atoms with Crippen LogP contribution in [0.25, 0.3) is 5.57 Å². The molecular weight excluding hydrogens is 228 g/mol. The van der Waals surface area contributed by atoms with E-state index in [9.17, 15) is 4.79 Å². The van der Waals surface area contributed by atoms with Gasteiger partial charge in [0.15, 0.2) is 0 Å². The van der Waals surface area contributed by atoms with Crippen molar-refractivity contribution in [1.82, 2.24) is 4.98 Å². The van der Waals surface area contributed by atoms with Gasteiger partial charge in [-0.25, -0.2) is 0 Å². The molecule has 0 spiro atoms. The van der Waals surface area contributed by atoms with Gasteiger partial charge in [0.2, 0.25) is 0 Å². The molecule has 0 saturated carbocycles. The summed E-state index contributed by atoms with van der Waals surface area (Å²) in [6.45, 7) is 2.27. The lowest BCUT2D eigenvalue weighted by Gasteiger charge is -2.20. The summed E-state index contributed by atoms with van der Waals surface area (Å²) in [5, 5.41) is 0. The highest BCUT2D eigenvalue weighted by Crippen LogP contribution is 2.31. The maximum Gasteiger partial charge on any atom is 0.309 e. The van der Waals surface area contributed by atoms with Crippen LogP contribution in [0.2, 0.25) is 0 Å². The van der Waals surface area contributed by atoms with Gasteiger partial charge < -0.3 is 10.5 Å². The number of carbonyl (C=O) groups is 1. The molecule has 0 saturated heterocycles. The predicted octanol–water partition coefficient (Wildman–Crippen LogP) is 2.41. The molecule has 96 valence electrons. The minimum atomic E-state index is -0.0956. The number of nitrogen functional groups attached to an aromatic ring is 1. The fraction of sp³-hybridized carbons (Fsp3) is 0.429. The summed E-state index contributed by atoms with van der Waals surface area (Å²) in [7, 11) is 0. The number of ether oxygens (including phenoxy) is 1. The number of carbonyl (C=O) groups excluding carboxylic acids is 1. The highest BCUT2D eigenvalue weighted by molar-refractivity contribution is 5.77. The number of hydrogen-bond donors (Lipinski definition) is 1. The quantitative estimate of drug-likeness (QED) is 0.832. The number of allylic oxidation sites excluding steroid dienone is 2. The van der Waals surface area contributed by atoms with E-state index in [2.05, 4.69) is 11.1 Å².